The highest BCUT2D eigenvalue weighted by molar-refractivity contribution is 6.32. The van der Waals surface area contributed by atoms with Crippen LogP contribution in [-0.2, 0) is 11.3 Å². The second-order valence-corrected chi connectivity index (χ2v) is 4.56. The number of ether oxygens (including phenoxy) is 1. The predicted octanol–water partition coefficient (Wildman–Crippen LogP) is 1.79. The van der Waals surface area contributed by atoms with Crippen LogP contribution in [0, 0.1) is 0 Å². The van der Waals surface area contributed by atoms with Crippen LogP contribution in [0.1, 0.15) is 37.7 Å². The van der Waals surface area contributed by atoms with E-state index >= 15 is 0 Å². The molecule has 0 radical (unpaired) electrons. The van der Waals surface area contributed by atoms with Gasteiger partial charge >= 0.3 is 0 Å². The minimum Gasteiger partial charge on any atom is -0.374 e. The average molecular weight is 202 g/mol. The van der Waals surface area contributed by atoms with Crippen molar-refractivity contribution in [2.45, 2.75) is 44.8 Å². The highest BCUT2D eigenvalue weighted by Crippen LogP contribution is 2.21. The SMILES string of the molecule is Bc1ccc(COC2CCCCC2)cc1. The van der Waals surface area contributed by atoms with Gasteiger partial charge in [-0.05, 0) is 18.4 Å². The Hall–Kier alpha value is -0.755. The molecule has 0 saturated heterocycles. The van der Waals surface area contributed by atoms with Gasteiger partial charge in [-0.1, -0.05) is 49.0 Å². The maximum Gasteiger partial charge on any atom is 0.139 e. The van der Waals surface area contributed by atoms with Crippen LogP contribution in [0.2, 0.25) is 0 Å². The van der Waals surface area contributed by atoms with Crippen molar-refractivity contribution < 1.29 is 4.74 Å². The van der Waals surface area contributed by atoms with Crippen LogP contribution in [0.4, 0.5) is 0 Å². The smallest absolute Gasteiger partial charge is 0.139 e. The lowest BCUT2D eigenvalue weighted by Crippen LogP contribution is -2.16. The summed E-state index contributed by atoms with van der Waals surface area (Å²) in [4.78, 5) is 0. The van der Waals surface area contributed by atoms with Crippen molar-refractivity contribution in [1.82, 2.24) is 0 Å². The summed E-state index contributed by atoms with van der Waals surface area (Å²) in [5.74, 6) is 0. The van der Waals surface area contributed by atoms with Crippen LogP contribution >= 0.6 is 0 Å². The molecule has 0 amide bonds. The van der Waals surface area contributed by atoms with Gasteiger partial charge in [0, 0.05) is 0 Å². The molecule has 0 spiro atoms. The lowest BCUT2D eigenvalue weighted by Gasteiger charge is -2.22. The Morgan fingerprint density at radius 2 is 1.73 bits per heavy atom. The molecule has 1 fully saturated rings. The van der Waals surface area contributed by atoms with E-state index in [4.69, 9.17) is 4.74 Å². The van der Waals surface area contributed by atoms with Gasteiger partial charge in [0.05, 0.1) is 12.7 Å². The topological polar surface area (TPSA) is 9.23 Å². The van der Waals surface area contributed by atoms with Crippen molar-refractivity contribution in [2.24, 2.45) is 0 Å². The van der Waals surface area contributed by atoms with Crippen molar-refractivity contribution in [2.75, 3.05) is 0 Å². The summed E-state index contributed by atoms with van der Waals surface area (Å²) in [5.41, 5.74) is 2.61. The fraction of sp³-hybridized carbons (Fsp3) is 0.538. The Labute approximate surface area is 93.2 Å². The Morgan fingerprint density at radius 3 is 2.40 bits per heavy atom. The lowest BCUT2D eigenvalue weighted by atomic mass is 9.95. The second-order valence-electron chi connectivity index (χ2n) is 4.56. The molecule has 0 bridgehead atoms. The zero-order valence-corrected chi connectivity index (χ0v) is 9.54. The first-order valence-corrected chi connectivity index (χ1v) is 6.02. The first kappa shape index (κ1) is 10.8. The molecule has 1 aliphatic carbocycles. The molecule has 1 saturated carbocycles. The van der Waals surface area contributed by atoms with Gasteiger partial charge in [-0.15, -0.1) is 0 Å². The molecule has 1 aromatic carbocycles. The number of rotatable bonds is 3. The summed E-state index contributed by atoms with van der Waals surface area (Å²) < 4.78 is 5.91. The highest BCUT2D eigenvalue weighted by atomic mass is 16.5. The average Bonchev–Trinajstić information content (AvgIpc) is 2.30. The Balaban J connectivity index is 1.79. The van der Waals surface area contributed by atoms with Crippen LogP contribution in [-0.4, -0.2) is 14.0 Å². The second kappa shape index (κ2) is 5.36. The van der Waals surface area contributed by atoms with E-state index in [1.54, 1.807) is 0 Å². The molecule has 0 atom stereocenters. The van der Waals surface area contributed by atoms with E-state index in [1.807, 2.05) is 0 Å². The number of benzene rings is 1. The van der Waals surface area contributed by atoms with E-state index in [1.165, 1.54) is 43.1 Å². The quantitative estimate of drug-likeness (QED) is 0.679. The van der Waals surface area contributed by atoms with E-state index in [2.05, 4.69) is 32.1 Å². The Bertz CT molecular complexity index is 288. The fourth-order valence-electron chi connectivity index (χ4n) is 2.13. The van der Waals surface area contributed by atoms with Gasteiger partial charge in [0.2, 0.25) is 0 Å². The summed E-state index contributed by atoms with van der Waals surface area (Å²) in [7, 11) is 2.12. The third-order valence-corrected chi connectivity index (χ3v) is 3.16. The molecule has 1 aromatic rings. The number of hydrogen-bond acceptors (Lipinski definition) is 1. The van der Waals surface area contributed by atoms with E-state index < -0.39 is 0 Å². The summed E-state index contributed by atoms with van der Waals surface area (Å²) in [6, 6.07) is 8.63. The lowest BCUT2D eigenvalue weighted by molar-refractivity contribution is 0.0169. The Morgan fingerprint density at radius 1 is 1.07 bits per heavy atom. The van der Waals surface area contributed by atoms with Gasteiger partial charge in [0.1, 0.15) is 7.85 Å². The fourth-order valence-corrected chi connectivity index (χ4v) is 2.13. The van der Waals surface area contributed by atoms with Crippen LogP contribution in [0.3, 0.4) is 0 Å². The predicted molar refractivity (Wildman–Crippen MR) is 66.3 cm³/mol. The molecule has 0 N–H and O–H groups in total. The van der Waals surface area contributed by atoms with Crippen molar-refractivity contribution in [1.29, 1.82) is 0 Å². The van der Waals surface area contributed by atoms with Crippen molar-refractivity contribution in [3.05, 3.63) is 29.8 Å². The van der Waals surface area contributed by atoms with E-state index in [0.29, 0.717) is 6.10 Å². The van der Waals surface area contributed by atoms with E-state index in [9.17, 15) is 0 Å². The minimum atomic E-state index is 0.514. The molecule has 0 aliphatic heterocycles. The van der Waals surface area contributed by atoms with Gasteiger partial charge in [-0.2, -0.15) is 0 Å². The zero-order valence-electron chi connectivity index (χ0n) is 9.54. The molecule has 2 heteroatoms. The standard InChI is InChI=1S/C13H19BO/c14-12-8-6-11(7-9-12)10-15-13-4-2-1-3-5-13/h6-9,13H,1-5,10,14H2. The van der Waals surface area contributed by atoms with Crippen LogP contribution in [0.15, 0.2) is 24.3 Å². The monoisotopic (exact) mass is 202 g/mol. The summed E-state index contributed by atoms with van der Waals surface area (Å²) in [6.07, 6.45) is 7.11. The molecular weight excluding hydrogens is 183 g/mol. The zero-order chi connectivity index (χ0) is 10.5. The van der Waals surface area contributed by atoms with E-state index in [-0.39, 0.29) is 0 Å². The van der Waals surface area contributed by atoms with E-state index in [0.717, 1.165) is 6.61 Å². The van der Waals surface area contributed by atoms with Crippen molar-refractivity contribution in [3.63, 3.8) is 0 Å². The molecule has 1 aliphatic rings. The van der Waals surface area contributed by atoms with Crippen molar-refractivity contribution in [3.8, 4) is 0 Å². The van der Waals surface area contributed by atoms with Crippen LogP contribution in [0.5, 0.6) is 0 Å². The molecule has 80 valence electrons. The van der Waals surface area contributed by atoms with Gasteiger partial charge in [-0.3, -0.25) is 0 Å². The third-order valence-electron chi connectivity index (χ3n) is 3.16. The largest absolute Gasteiger partial charge is 0.374 e. The normalized spacial score (nSPS) is 17.9. The first-order valence-electron chi connectivity index (χ1n) is 6.02. The summed E-state index contributed by atoms with van der Waals surface area (Å²) >= 11 is 0. The van der Waals surface area contributed by atoms with Crippen molar-refractivity contribution >= 4 is 13.3 Å². The molecule has 0 heterocycles. The molecule has 0 aromatic heterocycles. The molecule has 0 unspecified atom stereocenters. The molecule has 1 nitrogen and oxygen atoms in total. The van der Waals surface area contributed by atoms with Crippen LogP contribution in [0.25, 0.3) is 0 Å². The number of hydrogen-bond donors (Lipinski definition) is 0. The molecule has 2 rings (SSSR count). The van der Waals surface area contributed by atoms with Gasteiger partial charge in [0.15, 0.2) is 0 Å². The maximum absolute atomic E-state index is 5.91. The molecule has 15 heavy (non-hydrogen) atoms. The third kappa shape index (κ3) is 3.38. The minimum absolute atomic E-state index is 0.514. The summed E-state index contributed by atoms with van der Waals surface area (Å²) in [5, 5.41) is 0. The highest BCUT2D eigenvalue weighted by Gasteiger charge is 2.13. The first-order chi connectivity index (χ1) is 7.34. The summed E-state index contributed by atoms with van der Waals surface area (Å²) in [6.45, 7) is 0.783. The van der Waals surface area contributed by atoms with Gasteiger partial charge < -0.3 is 4.74 Å². The van der Waals surface area contributed by atoms with Crippen LogP contribution < -0.4 is 5.46 Å². The Kier molecular flexibility index (Phi) is 3.84. The van der Waals surface area contributed by atoms with Gasteiger partial charge in [0.25, 0.3) is 0 Å². The molecular formula is C13H19BO. The van der Waals surface area contributed by atoms with Gasteiger partial charge in [-0.25, -0.2) is 0 Å². The maximum atomic E-state index is 5.91.